The third-order valence-corrected chi connectivity index (χ3v) is 5.14. The highest BCUT2D eigenvalue weighted by Crippen LogP contribution is 2.16. The monoisotopic (exact) mass is 403 g/mol. The largest absolute Gasteiger partial charge is 0.326 e. The van der Waals surface area contributed by atoms with E-state index in [9.17, 15) is 4.79 Å². The molecule has 1 aromatic heterocycles. The molecule has 6 nitrogen and oxygen atoms in total. The summed E-state index contributed by atoms with van der Waals surface area (Å²) in [5, 5.41) is 10.8. The molecule has 0 saturated carbocycles. The van der Waals surface area contributed by atoms with Crippen molar-refractivity contribution in [3.05, 3.63) is 82.2 Å². The minimum atomic E-state index is -0.198. The van der Waals surface area contributed by atoms with Gasteiger partial charge in [-0.1, -0.05) is 35.9 Å². The lowest BCUT2D eigenvalue weighted by atomic mass is 10.1. The van der Waals surface area contributed by atoms with E-state index in [-0.39, 0.29) is 5.91 Å². The molecule has 1 heterocycles. The summed E-state index contributed by atoms with van der Waals surface area (Å²) in [4.78, 5) is 17.5. The van der Waals surface area contributed by atoms with Crippen LogP contribution >= 0.6 is 0 Å². The van der Waals surface area contributed by atoms with Gasteiger partial charge >= 0.3 is 0 Å². The fraction of sp³-hybridized carbons (Fsp3) is 0.292. The molecule has 0 saturated heterocycles. The first-order valence-corrected chi connectivity index (χ1v) is 10.2. The summed E-state index contributed by atoms with van der Waals surface area (Å²) in [5.41, 5.74) is 6.73. The van der Waals surface area contributed by atoms with Crippen molar-refractivity contribution < 1.29 is 4.79 Å². The predicted molar refractivity (Wildman–Crippen MR) is 122 cm³/mol. The van der Waals surface area contributed by atoms with Gasteiger partial charge in [0.1, 0.15) is 0 Å². The van der Waals surface area contributed by atoms with Crippen LogP contribution in [0.3, 0.4) is 0 Å². The molecule has 0 aliphatic carbocycles. The van der Waals surface area contributed by atoms with Crippen molar-refractivity contribution in [3.8, 4) is 0 Å². The standard InChI is InChI=1S/C24H29N5O/c1-6-29-19(5)21(18(4)28-29)15-25-24(26-22-13-8-7-11-17(22)3)27-23(30)20-12-9-10-16(2)14-20/h7-14H,6,15H2,1-5H3,(H2,25,26,27,30). The third kappa shape index (κ3) is 4.95. The van der Waals surface area contributed by atoms with Crippen LogP contribution in [0.2, 0.25) is 0 Å². The van der Waals surface area contributed by atoms with Crippen molar-refractivity contribution in [2.75, 3.05) is 5.32 Å². The number of carbonyl (C=O) groups excluding carboxylic acids is 1. The Kier molecular flexibility index (Phi) is 6.67. The van der Waals surface area contributed by atoms with E-state index < -0.39 is 0 Å². The van der Waals surface area contributed by atoms with Gasteiger partial charge < -0.3 is 5.32 Å². The summed E-state index contributed by atoms with van der Waals surface area (Å²) >= 11 is 0. The van der Waals surface area contributed by atoms with Gasteiger partial charge in [0.2, 0.25) is 5.96 Å². The average molecular weight is 404 g/mol. The molecule has 0 bridgehead atoms. The number of benzene rings is 2. The molecule has 0 aliphatic rings. The van der Waals surface area contributed by atoms with Crippen molar-refractivity contribution in [1.29, 1.82) is 0 Å². The lowest BCUT2D eigenvalue weighted by Gasteiger charge is -2.14. The Morgan fingerprint density at radius 1 is 1.07 bits per heavy atom. The van der Waals surface area contributed by atoms with Crippen molar-refractivity contribution in [1.82, 2.24) is 15.1 Å². The van der Waals surface area contributed by atoms with E-state index in [0.29, 0.717) is 18.1 Å². The van der Waals surface area contributed by atoms with Crippen molar-refractivity contribution in [2.24, 2.45) is 4.99 Å². The number of hydrogen-bond donors (Lipinski definition) is 2. The quantitative estimate of drug-likeness (QED) is 0.485. The van der Waals surface area contributed by atoms with Gasteiger partial charge in [0.25, 0.3) is 5.91 Å². The molecule has 0 fully saturated rings. The van der Waals surface area contributed by atoms with Crippen LogP contribution in [0.25, 0.3) is 0 Å². The van der Waals surface area contributed by atoms with Gasteiger partial charge in [-0.3, -0.25) is 14.8 Å². The fourth-order valence-electron chi connectivity index (χ4n) is 3.35. The van der Waals surface area contributed by atoms with E-state index in [4.69, 9.17) is 4.99 Å². The number of amides is 1. The lowest BCUT2D eigenvalue weighted by Crippen LogP contribution is -2.36. The Morgan fingerprint density at radius 2 is 1.83 bits per heavy atom. The topological polar surface area (TPSA) is 71.3 Å². The summed E-state index contributed by atoms with van der Waals surface area (Å²) < 4.78 is 1.97. The molecule has 0 radical (unpaired) electrons. The van der Waals surface area contributed by atoms with E-state index in [1.54, 1.807) is 6.07 Å². The van der Waals surface area contributed by atoms with Crippen LogP contribution in [0.1, 0.15) is 45.4 Å². The first-order valence-electron chi connectivity index (χ1n) is 10.2. The minimum absolute atomic E-state index is 0.198. The normalized spacial score (nSPS) is 11.4. The number of carbonyl (C=O) groups is 1. The van der Waals surface area contributed by atoms with Gasteiger partial charge in [0.15, 0.2) is 0 Å². The van der Waals surface area contributed by atoms with Gasteiger partial charge in [-0.2, -0.15) is 5.10 Å². The van der Waals surface area contributed by atoms with Crippen LogP contribution in [0, 0.1) is 27.7 Å². The van der Waals surface area contributed by atoms with E-state index >= 15 is 0 Å². The number of para-hydroxylation sites is 1. The van der Waals surface area contributed by atoms with E-state index in [1.165, 1.54) is 0 Å². The maximum Gasteiger partial charge on any atom is 0.257 e. The van der Waals surface area contributed by atoms with Gasteiger partial charge in [-0.25, -0.2) is 4.99 Å². The number of aliphatic imine (C=N–C) groups is 1. The molecule has 0 unspecified atom stereocenters. The number of rotatable bonds is 5. The molecule has 0 atom stereocenters. The Morgan fingerprint density at radius 3 is 2.50 bits per heavy atom. The zero-order valence-electron chi connectivity index (χ0n) is 18.3. The van der Waals surface area contributed by atoms with E-state index in [0.717, 1.165) is 40.3 Å². The number of hydrogen-bond acceptors (Lipinski definition) is 3. The molecule has 30 heavy (non-hydrogen) atoms. The van der Waals surface area contributed by atoms with E-state index in [1.807, 2.05) is 74.8 Å². The minimum Gasteiger partial charge on any atom is -0.326 e. The fourth-order valence-corrected chi connectivity index (χ4v) is 3.35. The number of nitrogens with zero attached hydrogens (tertiary/aromatic N) is 3. The van der Waals surface area contributed by atoms with Crippen LogP contribution in [-0.4, -0.2) is 21.6 Å². The zero-order valence-corrected chi connectivity index (χ0v) is 18.3. The molecular formula is C24H29N5O. The number of aryl methyl sites for hydroxylation is 4. The summed E-state index contributed by atoms with van der Waals surface area (Å²) in [6, 6.07) is 15.4. The molecule has 1 amide bonds. The van der Waals surface area contributed by atoms with Gasteiger partial charge in [-0.15, -0.1) is 0 Å². The first kappa shape index (κ1) is 21.3. The Hall–Kier alpha value is -3.41. The molecule has 6 heteroatoms. The average Bonchev–Trinajstić information content (AvgIpc) is 3.00. The van der Waals surface area contributed by atoms with Crippen LogP contribution in [0.5, 0.6) is 0 Å². The summed E-state index contributed by atoms with van der Waals surface area (Å²) in [6.07, 6.45) is 0. The second kappa shape index (κ2) is 9.39. The van der Waals surface area contributed by atoms with Crippen LogP contribution in [0.4, 0.5) is 5.69 Å². The highest BCUT2D eigenvalue weighted by Gasteiger charge is 2.13. The third-order valence-electron chi connectivity index (χ3n) is 5.14. The van der Waals surface area contributed by atoms with Gasteiger partial charge in [-0.05, 0) is 58.4 Å². The van der Waals surface area contributed by atoms with Crippen molar-refractivity contribution in [3.63, 3.8) is 0 Å². The maximum absolute atomic E-state index is 12.8. The number of nitrogens with one attached hydrogen (secondary N) is 2. The first-order chi connectivity index (χ1) is 14.4. The lowest BCUT2D eigenvalue weighted by molar-refractivity contribution is 0.0977. The second-order valence-corrected chi connectivity index (χ2v) is 7.39. The molecule has 2 aromatic carbocycles. The molecule has 3 rings (SSSR count). The van der Waals surface area contributed by atoms with E-state index in [2.05, 4.69) is 22.7 Å². The van der Waals surface area contributed by atoms with Crippen molar-refractivity contribution in [2.45, 2.75) is 47.7 Å². The van der Waals surface area contributed by atoms with Crippen molar-refractivity contribution >= 4 is 17.6 Å². The molecular weight excluding hydrogens is 374 g/mol. The van der Waals surface area contributed by atoms with Crippen LogP contribution in [-0.2, 0) is 13.1 Å². The van der Waals surface area contributed by atoms with Gasteiger partial charge in [0.05, 0.1) is 12.2 Å². The SMILES string of the molecule is CCn1nc(C)c(CN=C(NC(=O)c2cccc(C)c2)Nc2ccccc2C)c1C. The summed E-state index contributed by atoms with van der Waals surface area (Å²) in [6.45, 7) is 11.3. The highest BCUT2D eigenvalue weighted by molar-refractivity contribution is 6.10. The smallest absolute Gasteiger partial charge is 0.257 e. The Bertz CT molecular complexity index is 1080. The molecule has 0 aliphatic heterocycles. The molecule has 2 N–H and O–H groups in total. The molecule has 0 spiro atoms. The Balaban J connectivity index is 1.89. The zero-order chi connectivity index (χ0) is 21.7. The number of aromatic nitrogens is 2. The number of guanidine groups is 1. The maximum atomic E-state index is 12.8. The highest BCUT2D eigenvalue weighted by atomic mass is 16.1. The van der Waals surface area contributed by atoms with Gasteiger partial charge in [0, 0.05) is 29.1 Å². The molecule has 3 aromatic rings. The summed E-state index contributed by atoms with van der Waals surface area (Å²) in [7, 11) is 0. The van der Waals surface area contributed by atoms with Crippen LogP contribution in [0.15, 0.2) is 53.5 Å². The second-order valence-electron chi connectivity index (χ2n) is 7.39. The predicted octanol–water partition coefficient (Wildman–Crippen LogP) is 4.53. The van der Waals surface area contributed by atoms with Crippen LogP contribution < -0.4 is 10.6 Å². The number of anilines is 1. The summed E-state index contributed by atoms with van der Waals surface area (Å²) in [5.74, 6) is 0.218. The molecule has 156 valence electrons. The Labute approximate surface area is 178 Å².